The molecule has 20 heavy (non-hydrogen) atoms. The van der Waals surface area contributed by atoms with Crippen LogP contribution < -0.4 is 5.32 Å². The first-order chi connectivity index (χ1) is 9.58. The van der Waals surface area contributed by atoms with Crippen molar-refractivity contribution in [1.82, 2.24) is 15.1 Å². The fourth-order valence-corrected chi connectivity index (χ4v) is 2.32. The molecule has 0 bridgehead atoms. The smallest absolute Gasteiger partial charge is 0.126 e. The molecule has 1 aromatic carbocycles. The van der Waals surface area contributed by atoms with Crippen LogP contribution >= 0.6 is 0 Å². The van der Waals surface area contributed by atoms with Crippen molar-refractivity contribution in [3.05, 3.63) is 53.4 Å². The summed E-state index contributed by atoms with van der Waals surface area (Å²) in [5, 5.41) is 7.39. The average Bonchev–Trinajstić information content (AvgIpc) is 2.79. The van der Waals surface area contributed by atoms with Crippen LogP contribution in [0.4, 0.5) is 8.78 Å². The van der Waals surface area contributed by atoms with Gasteiger partial charge in [0.2, 0.25) is 0 Å². The third-order valence-electron chi connectivity index (χ3n) is 3.22. The van der Waals surface area contributed by atoms with Gasteiger partial charge in [0.15, 0.2) is 0 Å². The van der Waals surface area contributed by atoms with Crippen LogP contribution in [0, 0.1) is 11.6 Å². The summed E-state index contributed by atoms with van der Waals surface area (Å²) in [6, 6.07) is 3.61. The SMILES string of the molecule is CCNC(CCc1cnn(C)c1)c1cc(F)cc(F)c1. The number of hydrogen-bond donors (Lipinski definition) is 1. The summed E-state index contributed by atoms with van der Waals surface area (Å²) in [5.41, 5.74) is 1.76. The minimum Gasteiger partial charge on any atom is -0.310 e. The topological polar surface area (TPSA) is 29.9 Å². The van der Waals surface area contributed by atoms with Crippen LogP contribution in [0.15, 0.2) is 30.6 Å². The Labute approximate surface area is 117 Å². The van der Waals surface area contributed by atoms with Gasteiger partial charge in [0, 0.05) is 25.4 Å². The molecule has 1 N–H and O–H groups in total. The molecule has 3 nitrogen and oxygen atoms in total. The van der Waals surface area contributed by atoms with Crippen LogP contribution in [0.3, 0.4) is 0 Å². The summed E-state index contributed by atoms with van der Waals surface area (Å²) in [6.07, 6.45) is 5.34. The first-order valence-corrected chi connectivity index (χ1v) is 6.75. The molecule has 1 atom stereocenters. The van der Waals surface area contributed by atoms with E-state index in [2.05, 4.69) is 10.4 Å². The third kappa shape index (κ3) is 3.87. The summed E-state index contributed by atoms with van der Waals surface area (Å²) in [7, 11) is 1.87. The monoisotopic (exact) mass is 279 g/mol. The minimum absolute atomic E-state index is 0.0644. The maximum absolute atomic E-state index is 13.3. The number of nitrogens with one attached hydrogen (secondary N) is 1. The quantitative estimate of drug-likeness (QED) is 0.881. The maximum Gasteiger partial charge on any atom is 0.126 e. The van der Waals surface area contributed by atoms with Gasteiger partial charge in [-0.15, -0.1) is 0 Å². The Morgan fingerprint density at radius 2 is 1.95 bits per heavy atom. The number of aromatic nitrogens is 2. The number of halogens is 2. The van der Waals surface area contributed by atoms with E-state index in [1.807, 2.05) is 26.4 Å². The summed E-state index contributed by atoms with van der Waals surface area (Å²) < 4.78 is 28.4. The number of hydrogen-bond acceptors (Lipinski definition) is 2. The largest absolute Gasteiger partial charge is 0.310 e. The van der Waals surface area contributed by atoms with E-state index in [9.17, 15) is 8.78 Å². The number of nitrogens with zero attached hydrogens (tertiary/aromatic N) is 2. The fraction of sp³-hybridized carbons (Fsp3) is 0.400. The number of rotatable bonds is 6. The molecule has 1 aromatic heterocycles. The second-order valence-corrected chi connectivity index (χ2v) is 4.87. The predicted molar refractivity (Wildman–Crippen MR) is 74.3 cm³/mol. The highest BCUT2D eigenvalue weighted by atomic mass is 19.1. The van der Waals surface area contributed by atoms with Gasteiger partial charge in [0.1, 0.15) is 11.6 Å². The molecule has 0 radical (unpaired) electrons. The zero-order chi connectivity index (χ0) is 14.5. The Kier molecular flexibility index (Phi) is 4.84. The Hall–Kier alpha value is -1.75. The molecule has 0 aliphatic carbocycles. The molecule has 0 saturated carbocycles. The van der Waals surface area contributed by atoms with Crippen molar-refractivity contribution in [3.8, 4) is 0 Å². The number of aryl methyl sites for hydroxylation is 2. The maximum atomic E-state index is 13.3. The molecule has 108 valence electrons. The van der Waals surface area contributed by atoms with Gasteiger partial charge in [-0.05, 0) is 42.6 Å². The molecule has 0 fully saturated rings. The van der Waals surface area contributed by atoms with E-state index in [4.69, 9.17) is 0 Å². The highest BCUT2D eigenvalue weighted by molar-refractivity contribution is 5.22. The number of benzene rings is 1. The van der Waals surface area contributed by atoms with Crippen LogP contribution in [0.5, 0.6) is 0 Å². The van der Waals surface area contributed by atoms with Crippen LogP contribution in [0.2, 0.25) is 0 Å². The molecule has 5 heteroatoms. The van der Waals surface area contributed by atoms with Crippen molar-refractivity contribution in [1.29, 1.82) is 0 Å². The Morgan fingerprint density at radius 1 is 1.25 bits per heavy atom. The van der Waals surface area contributed by atoms with Gasteiger partial charge in [-0.1, -0.05) is 6.92 Å². The molecule has 2 rings (SSSR count). The fourth-order valence-electron chi connectivity index (χ4n) is 2.32. The van der Waals surface area contributed by atoms with Crippen LogP contribution in [-0.2, 0) is 13.5 Å². The average molecular weight is 279 g/mol. The summed E-state index contributed by atoms with van der Waals surface area (Å²) in [6.45, 7) is 2.72. The van der Waals surface area contributed by atoms with Gasteiger partial charge in [-0.25, -0.2) is 8.78 Å². The van der Waals surface area contributed by atoms with Gasteiger partial charge in [0.05, 0.1) is 6.20 Å². The molecule has 2 aromatic rings. The minimum atomic E-state index is -0.538. The van der Waals surface area contributed by atoms with Gasteiger partial charge in [-0.3, -0.25) is 4.68 Å². The molecule has 0 amide bonds. The van der Waals surface area contributed by atoms with Gasteiger partial charge in [0.25, 0.3) is 0 Å². The van der Waals surface area contributed by atoms with Crippen LogP contribution in [0.25, 0.3) is 0 Å². The lowest BCUT2D eigenvalue weighted by molar-refractivity contribution is 0.503. The summed E-state index contributed by atoms with van der Waals surface area (Å²) in [4.78, 5) is 0. The van der Waals surface area contributed by atoms with E-state index in [0.717, 1.165) is 31.0 Å². The standard InChI is InChI=1S/C15H19F2N3/c1-3-18-15(5-4-11-9-19-20(2)10-11)12-6-13(16)8-14(17)7-12/h6-10,15,18H,3-5H2,1-2H3. The van der Waals surface area contributed by atoms with Crippen molar-refractivity contribution >= 4 is 0 Å². The molecular formula is C15H19F2N3. The van der Waals surface area contributed by atoms with Crippen molar-refractivity contribution in [2.45, 2.75) is 25.8 Å². The summed E-state index contributed by atoms with van der Waals surface area (Å²) >= 11 is 0. The second kappa shape index (κ2) is 6.61. The van der Waals surface area contributed by atoms with Crippen molar-refractivity contribution in [2.24, 2.45) is 7.05 Å². The molecule has 0 aliphatic heterocycles. The first-order valence-electron chi connectivity index (χ1n) is 6.75. The third-order valence-corrected chi connectivity index (χ3v) is 3.22. The van der Waals surface area contributed by atoms with E-state index >= 15 is 0 Å². The predicted octanol–water partition coefficient (Wildman–Crippen LogP) is 2.98. The van der Waals surface area contributed by atoms with E-state index in [0.29, 0.717) is 5.56 Å². The van der Waals surface area contributed by atoms with E-state index in [1.165, 1.54) is 12.1 Å². The van der Waals surface area contributed by atoms with Crippen molar-refractivity contribution in [3.63, 3.8) is 0 Å². The lowest BCUT2D eigenvalue weighted by Crippen LogP contribution is -2.21. The normalized spacial score (nSPS) is 12.6. The van der Waals surface area contributed by atoms with Crippen molar-refractivity contribution in [2.75, 3.05) is 6.54 Å². The Bertz CT molecular complexity index is 546. The highest BCUT2D eigenvalue weighted by Crippen LogP contribution is 2.21. The lowest BCUT2D eigenvalue weighted by Gasteiger charge is -2.18. The summed E-state index contributed by atoms with van der Waals surface area (Å²) in [5.74, 6) is -1.08. The van der Waals surface area contributed by atoms with Crippen molar-refractivity contribution < 1.29 is 8.78 Å². The highest BCUT2D eigenvalue weighted by Gasteiger charge is 2.13. The molecule has 0 aliphatic rings. The second-order valence-electron chi connectivity index (χ2n) is 4.87. The van der Waals surface area contributed by atoms with Gasteiger partial charge in [-0.2, -0.15) is 5.10 Å². The molecular weight excluding hydrogens is 260 g/mol. The molecule has 1 unspecified atom stereocenters. The van der Waals surface area contributed by atoms with E-state index in [-0.39, 0.29) is 6.04 Å². The molecule has 0 spiro atoms. The van der Waals surface area contributed by atoms with Gasteiger partial charge >= 0.3 is 0 Å². The molecule has 1 heterocycles. The zero-order valence-electron chi connectivity index (χ0n) is 11.7. The Morgan fingerprint density at radius 3 is 2.50 bits per heavy atom. The Balaban J connectivity index is 2.09. The van der Waals surface area contributed by atoms with E-state index in [1.54, 1.807) is 4.68 Å². The van der Waals surface area contributed by atoms with Crippen LogP contribution in [-0.4, -0.2) is 16.3 Å². The lowest BCUT2D eigenvalue weighted by atomic mass is 10.00. The zero-order valence-corrected chi connectivity index (χ0v) is 11.7. The van der Waals surface area contributed by atoms with Crippen LogP contribution in [0.1, 0.15) is 30.5 Å². The first kappa shape index (κ1) is 14.7. The van der Waals surface area contributed by atoms with E-state index < -0.39 is 11.6 Å². The van der Waals surface area contributed by atoms with Gasteiger partial charge < -0.3 is 5.32 Å². The molecule has 0 saturated heterocycles.